The van der Waals surface area contributed by atoms with Crippen molar-refractivity contribution < 1.29 is 17.9 Å². The number of aromatic nitrogens is 3. The van der Waals surface area contributed by atoms with Gasteiger partial charge in [0.25, 0.3) is 5.69 Å². The third-order valence-corrected chi connectivity index (χ3v) is 6.05. The molecule has 2 aromatic heterocycles. The molecule has 0 saturated carbocycles. The van der Waals surface area contributed by atoms with Crippen molar-refractivity contribution in [2.24, 2.45) is 0 Å². The van der Waals surface area contributed by atoms with Crippen molar-refractivity contribution in [1.29, 1.82) is 0 Å². The van der Waals surface area contributed by atoms with Crippen LogP contribution in [0.25, 0.3) is 11.4 Å². The van der Waals surface area contributed by atoms with Crippen molar-refractivity contribution in [3.05, 3.63) is 64.8 Å². The van der Waals surface area contributed by atoms with Crippen LogP contribution < -0.4 is 0 Å². The van der Waals surface area contributed by atoms with Gasteiger partial charge in [0, 0.05) is 43.2 Å². The Kier molecular flexibility index (Phi) is 4.16. The summed E-state index contributed by atoms with van der Waals surface area (Å²) in [5.74, 6) is 0.508. The number of nitro groups is 1. The van der Waals surface area contributed by atoms with Crippen LogP contribution in [0, 0.1) is 10.1 Å². The van der Waals surface area contributed by atoms with Gasteiger partial charge in [-0.1, -0.05) is 11.2 Å². The summed E-state index contributed by atoms with van der Waals surface area (Å²) in [6, 6.07) is 8.53. The Balaban J connectivity index is 1.48. The molecule has 0 aliphatic carbocycles. The Morgan fingerprint density at radius 3 is 2.74 bits per heavy atom. The van der Waals surface area contributed by atoms with Crippen molar-refractivity contribution in [1.82, 2.24) is 19.4 Å². The van der Waals surface area contributed by atoms with Crippen LogP contribution >= 0.6 is 0 Å². The summed E-state index contributed by atoms with van der Waals surface area (Å²) in [7, 11) is -3.82. The third kappa shape index (κ3) is 3.17. The fraction of sp³-hybridized carbons (Fsp3) is 0.188. The molecule has 0 unspecified atom stereocenters. The molecular weight excluding hydrogens is 374 g/mol. The second-order valence-corrected chi connectivity index (χ2v) is 7.91. The molecule has 0 radical (unpaired) electrons. The molecule has 0 bridgehead atoms. The molecule has 0 atom stereocenters. The number of sulfonamides is 1. The molecule has 3 aromatic rings. The fourth-order valence-corrected chi connectivity index (χ4v) is 4.28. The third-order valence-electron chi connectivity index (χ3n) is 4.22. The summed E-state index contributed by atoms with van der Waals surface area (Å²) in [4.78, 5) is 18.4. The van der Waals surface area contributed by atoms with Crippen LogP contribution in [0.4, 0.5) is 5.69 Å². The van der Waals surface area contributed by atoms with Crippen LogP contribution in [-0.4, -0.2) is 45.9 Å². The first-order chi connectivity index (χ1) is 12.9. The number of non-ortho nitro benzene ring substituents is 1. The van der Waals surface area contributed by atoms with Gasteiger partial charge in [-0.05, 0) is 18.2 Å². The topological polar surface area (TPSA) is 132 Å². The molecule has 1 saturated heterocycles. The quantitative estimate of drug-likeness (QED) is 0.478. The summed E-state index contributed by atoms with van der Waals surface area (Å²) in [6.07, 6.45) is 3.24. The maximum Gasteiger partial charge on any atom is 0.270 e. The van der Waals surface area contributed by atoms with E-state index in [2.05, 4.69) is 15.1 Å². The number of hydrogen-bond acceptors (Lipinski definition) is 8. The lowest BCUT2D eigenvalue weighted by atomic mass is 10.0. The number of benzene rings is 1. The van der Waals surface area contributed by atoms with Crippen LogP contribution in [0.1, 0.15) is 11.8 Å². The summed E-state index contributed by atoms with van der Waals surface area (Å²) >= 11 is 0. The minimum Gasteiger partial charge on any atom is -0.339 e. The second-order valence-electron chi connectivity index (χ2n) is 5.97. The van der Waals surface area contributed by atoms with Crippen LogP contribution in [0.3, 0.4) is 0 Å². The zero-order valence-electron chi connectivity index (χ0n) is 13.8. The second kappa shape index (κ2) is 6.52. The van der Waals surface area contributed by atoms with Gasteiger partial charge in [-0.15, -0.1) is 0 Å². The first kappa shape index (κ1) is 17.2. The Labute approximate surface area is 153 Å². The maximum absolute atomic E-state index is 12.6. The van der Waals surface area contributed by atoms with Gasteiger partial charge in [-0.25, -0.2) is 8.42 Å². The summed E-state index contributed by atoms with van der Waals surface area (Å²) < 4.78 is 31.7. The maximum atomic E-state index is 12.6. The van der Waals surface area contributed by atoms with E-state index >= 15 is 0 Å². The lowest BCUT2D eigenvalue weighted by Gasteiger charge is -2.35. The van der Waals surface area contributed by atoms with Crippen molar-refractivity contribution in [3.8, 4) is 11.4 Å². The zero-order chi connectivity index (χ0) is 19.0. The number of nitro benzene ring substituents is 1. The van der Waals surface area contributed by atoms with Gasteiger partial charge in [0.05, 0.1) is 15.7 Å². The van der Waals surface area contributed by atoms with E-state index < -0.39 is 14.9 Å². The predicted octanol–water partition coefficient (Wildman–Crippen LogP) is 1.83. The Morgan fingerprint density at radius 2 is 2.04 bits per heavy atom. The van der Waals surface area contributed by atoms with E-state index in [1.165, 1.54) is 22.5 Å². The molecule has 1 aliphatic rings. The average molecular weight is 387 g/mol. The van der Waals surface area contributed by atoms with Gasteiger partial charge in [-0.3, -0.25) is 15.1 Å². The molecule has 138 valence electrons. The highest BCUT2D eigenvalue weighted by Crippen LogP contribution is 2.32. The smallest absolute Gasteiger partial charge is 0.270 e. The van der Waals surface area contributed by atoms with Crippen LogP contribution in [0.2, 0.25) is 0 Å². The molecule has 1 aliphatic heterocycles. The van der Waals surface area contributed by atoms with E-state index in [4.69, 9.17) is 4.52 Å². The molecule has 1 aromatic carbocycles. The number of rotatable bonds is 5. The predicted molar refractivity (Wildman–Crippen MR) is 92.1 cm³/mol. The molecule has 1 fully saturated rings. The Morgan fingerprint density at radius 1 is 1.22 bits per heavy atom. The summed E-state index contributed by atoms with van der Waals surface area (Å²) in [5.41, 5.74) is 0.430. The SMILES string of the molecule is O=[N+]([O-])c1cccc(S(=O)(=O)N2CC(c3nc(-c4cccnc4)no3)C2)c1. The molecular formula is C16H13N5O5S. The van der Waals surface area contributed by atoms with Crippen molar-refractivity contribution in [2.75, 3.05) is 13.1 Å². The van der Waals surface area contributed by atoms with E-state index in [0.717, 1.165) is 6.07 Å². The number of pyridine rings is 1. The molecule has 0 N–H and O–H groups in total. The van der Waals surface area contributed by atoms with E-state index in [1.54, 1.807) is 24.5 Å². The molecule has 4 rings (SSSR count). The Bertz CT molecular complexity index is 1090. The highest BCUT2D eigenvalue weighted by molar-refractivity contribution is 7.89. The molecule has 3 heterocycles. The number of hydrogen-bond donors (Lipinski definition) is 0. The highest BCUT2D eigenvalue weighted by atomic mass is 32.2. The lowest BCUT2D eigenvalue weighted by molar-refractivity contribution is -0.385. The van der Waals surface area contributed by atoms with Gasteiger partial charge in [0.15, 0.2) is 0 Å². The normalized spacial score (nSPS) is 15.4. The minimum absolute atomic E-state index is 0.114. The van der Waals surface area contributed by atoms with Gasteiger partial charge in [0.1, 0.15) is 0 Å². The molecule has 0 spiro atoms. The van der Waals surface area contributed by atoms with Gasteiger partial charge in [0.2, 0.25) is 21.7 Å². The van der Waals surface area contributed by atoms with E-state index in [1.807, 2.05) is 0 Å². The zero-order valence-corrected chi connectivity index (χ0v) is 14.6. The standard InChI is InChI=1S/C16H13N5O5S/c22-21(23)13-4-1-5-14(7-13)27(24,25)20-9-12(10-20)16-18-15(19-26-16)11-3-2-6-17-8-11/h1-8,12H,9-10H2. The van der Waals surface area contributed by atoms with Gasteiger partial charge >= 0.3 is 0 Å². The minimum atomic E-state index is -3.82. The molecule has 27 heavy (non-hydrogen) atoms. The van der Waals surface area contributed by atoms with Crippen molar-refractivity contribution in [2.45, 2.75) is 10.8 Å². The first-order valence-electron chi connectivity index (χ1n) is 7.94. The average Bonchev–Trinajstić information content (AvgIpc) is 3.10. The lowest BCUT2D eigenvalue weighted by Crippen LogP contribution is -2.48. The largest absolute Gasteiger partial charge is 0.339 e. The van der Waals surface area contributed by atoms with Crippen LogP contribution in [0.15, 0.2) is 58.2 Å². The van der Waals surface area contributed by atoms with Crippen LogP contribution in [0.5, 0.6) is 0 Å². The first-order valence-corrected chi connectivity index (χ1v) is 9.38. The van der Waals surface area contributed by atoms with E-state index in [0.29, 0.717) is 17.3 Å². The monoisotopic (exact) mass is 387 g/mol. The Hall–Kier alpha value is -3.18. The van der Waals surface area contributed by atoms with Gasteiger partial charge in [-0.2, -0.15) is 9.29 Å². The molecule has 11 heteroatoms. The summed E-state index contributed by atoms with van der Waals surface area (Å²) in [5, 5.41) is 14.8. The number of nitrogens with zero attached hydrogens (tertiary/aromatic N) is 5. The van der Waals surface area contributed by atoms with Crippen molar-refractivity contribution in [3.63, 3.8) is 0 Å². The van der Waals surface area contributed by atoms with E-state index in [-0.39, 0.29) is 29.6 Å². The summed E-state index contributed by atoms with van der Waals surface area (Å²) in [6.45, 7) is 0.333. The van der Waals surface area contributed by atoms with Gasteiger partial charge < -0.3 is 4.52 Å². The highest BCUT2D eigenvalue weighted by Gasteiger charge is 2.40. The van der Waals surface area contributed by atoms with Crippen molar-refractivity contribution >= 4 is 15.7 Å². The molecule has 0 amide bonds. The molecule has 10 nitrogen and oxygen atoms in total. The van der Waals surface area contributed by atoms with Crippen LogP contribution in [-0.2, 0) is 10.0 Å². The fourth-order valence-electron chi connectivity index (χ4n) is 2.71. The van der Waals surface area contributed by atoms with E-state index in [9.17, 15) is 18.5 Å².